The molecule has 1 aliphatic rings. The van der Waals surface area contributed by atoms with Gasteiger partial charge in [0.05, 0.1) is 6.10 Å². The van der Waals surface area contributed by atoms with Gasteiger partial charge in [0.1, 0.15) is 0 Å². The van der Waals surface area contributed by atoms with E-state index in [0.717, 1.165) is 6.42 Å². The van der Waals surface area contributed by atoms with E-state index in [2.05, 4.69) is 20.8 Å². The third kappa shape index (κ3) is 1.26. The zero-order valence-corrected chi connectivity index (χ0v) is 6.52. The molecule has 0 amide bonds. The lowest BCUT2D eigenvalue weighted by molar-refractivity contribution is 0.194. The molecule has 0 radical (unpaired) electrons. The van der Waals surface area contributed by atoms with E-state index < -0.39 is 0 Å². The van der Waals surface area contributed by atoms with Crippen LogP contribution in [0.25, 0.3) is 0 Å². The average molecular weight is 128 g/mol. The Morgan fingerprint density at radius 3 is 2.11 bits per heavy atom. The fourth-order valence-electron chi connectivity index (χ4n) is 1.28. The second kappa shape index (κ2) is 1.98. The van der Waals surface area contributed by atoms with Crippen molar-refractivity contribution in [1.82, 2.24) is 0 Å². The van der Waals surface area contributed by atoms with Crippen molar-refractivity contribution in [3.8, 4) is 0 Å². The number of rotatable bonds is 2. The molecule has 0 spiro atoms. The van der Waals surface area contributed by atoms with E-state index in [1.807, 2.05) is 0 Å². The molecule has 1 aliphatic carbocycles. The Balaban J connectivity index is 2.41. The summed E-state index contributed by atoms with van der Waals surface area (Å²) in [4.78, 5) is 0. The van der Waals surface area contributed by atoms with E-state index in [9.17, 15) is 0 Å². The molecule has 0 aromatic carbocycles. The van der Waals surface area contributed by atoms with Gasteiger partial charge in [-0.3, -0.25) is 0 Å². The SMILES string of the molecule is CCC(C)(C)[C@@H]1C[C@H]1O. The van der Waals surface area contributed by atoms with Crippen LogP contribution in [0, 0.1) is 11.3 Å². The lowest BCUT2D eigenvalue weighted by Crippen LogP contribution is -2.14. The summed E-state index contributed by atoms with van der Waals surface area (Å²) in [7, 11) is 0. The predicted octanol–water partition coefficient (Wildman–Crippen LogP) is 1.80. The first-order chi connectivity index (χ1) is 4.08. The Hall–Kier alpha value is -0.0400. The van der Waals surface area contributed by atoms with Gasteiger partial charge < -0.3 is 5.11 Å². The van der Waals surface area contributed by atoms with Gasteiger partial charge in [-0.2, -0.15) is 0 Å². The van der Waals surface area contributed by atoms with E-state index in [1.54, 1.807) is 0 Å². The summed E-state index contributed by atoms with van der Waals surface area (Å²) < 4.78 is 0. The standard InChI is InChI=1S/C8H16O/c1-4-8(2,3)6-5-7(6)9/h6-7,9H,4-5H2,1-3H3/t6-,7-/m1/s1. The Morgan fingerprint density at radius 1 is 1.56 bits per heavy atom. The van der Waals surface area contributed by atoms with Crippen LogP contribution in [0.1, 0.15) is 33.6 Å². The zero-order chi connectivity index (χ0) is 7.07. The summed E-state index contributed by atoms with van der Waals surface area (Å²) in [6, 6.07) is 0. The van der Waals surface area contributed by atoms with Crippen LogP contribution in [0.5, 0.6) is 0 Å². The monoisotopic (exact) mass is 128 g/mol. The molecule has 1 saturated carbocycles. The summed E-state index contributed by atoms with van der Waals surface area (Å²) in [5.41, 5.74) is 0.374. The molecule has 0 unspecified atom stereocenters. The minimum absolute atomic E-state index is 0.0138. The van der Waals surface area contributed by atoms with Gasteiger partial charge in [-0.05, 0) is 17.8 Å². The second-order valence-corrected chi connectivity index (χ2v) is 3.75. The largest absolute Gasteiger partial charge is 0.393 e. The van der Waals surface area contributed by atoms with Gasteiger partial charge in [0, 0.05) is 0 Å². The molecule has 9 heavy (non-hydrogen) atoms. The highest BCUT2D eigenvalue weighted by Crippen LogP contribution is 2.47. The fourth-order valence-corrected chi connectivity index (χ4v) is 1.28. The molecule has 1 nitrogen and oxygen atoms in total. The van der Waals surface area contributed by atoms with Gasteiger partial charge in [0.25, 0.3) is 0 Å². The predicted molar refractivity (Wildman–Crippen MR) is 38.2 cm³/mol. The van der Waals surface area contributed by atoms with Crippen molar-refractivity contribution in [3.05, 3.63) is 0 Å². The molecule has 0 bridgehead atoms. The van der Waals surface area contributed by atoms with Gasteiger partial charge in [-0.15, -0.1) is 0 Å². The fraction of sp³-hybridized carbons (Fsp3) is 1.00. The van der Waals surface area contributed by atoms with Crippen molar-refractivity contribution in [2.45, 2.75) is 39.7 Å². The molecule has 0 aromatic rings. The van der Waals surface area contributed by atoms with Crippen LogP contribution < -0.4 is 0 Å². The first-order valence-corrected chi connectivity index (χ1v) is 3.76. The number of hydrogen-bond donors (Lipinski definition) is 1. The third-order valence-electron chi connectivity index (χ3n) is 2.67. The smallest absolute Gasteiger partial charge is 0.0578 e. The van der Waals surface area contributed by atoms with E-state index >= 15 is 0 Å². The summed E-state index contributed by atoms with van der Waals surface area (Å²) in [6.45, 7) is 6.65. The molecule has 1 heteroatoms. The zero-order valence-electron chi connectivity index (χ0n) is 6.52. The molecule has 2 atom stereocenters. The van der Waals surface area contributed by atoms with Gasteiger partial charge in [0.2, 0.25) is 0 Å². The molecule has 1 N–H and O–H groups in total. The van der Waals surface area contributed by atoms with Crippen molar-refractivity contribution >= 4 is 0 Å². The van der Waals surface area contributed by atoms with E-state index in [4.69, 9.17) is 5.11 Å². The molecule has 1 fully saturated rings. The van der Waals surface area contributed by atoms with Crippen LogP contribution in [0.4, 0.5) is 0 Å². The highest BCUT2D eigenvalue weighted by molar-refractivity contribution is 4.95. The van der Waals surface area contributed by atoms with Crippen molar-refractivity contribution < 1.29 is 5.11 Å². The molecular weight excluding hydrogens is 112 g/mol. The van der Waals surface area contributed by atoms with Crippen molar-refractivity contribution in [3.63, 3.8) is 0 Å². The molecule has 0 aliphatic heterocycles. The number of hydrogen-bond acceptors (Lipinski definition) is 1. The maximum atomic E-state index is 9.09. The van der Waals surface area contributed by atoms with E-state index in [1.165, 1.54) is 6.42 Å². The number of aliphatic hydroxyl groups excluding tert-OH is 1. The highest BCUT2D eigenvalue weighted by Gasteiger charge is 2.45. The summed E-state index contributed by atoms with van der Waals surface area (Å²) in [5, 5.41) is 9.09. The maximum Gasteiger partial charge on any atom is 0.0578 e. The molecule has 0 heterocycles. The maximum absolute atomic E-state index is 9.09. The lowest BCUT2D eigenvalue weighted by Gasteiger charge is -2.21. The van der Waals surface area contributed by atoms with Gasteiger partial charge in [-0.1, -0.05) is 27.2 Å². The topological polar surface area (TPSA) is 20.2 Å². The van der Waals surface area contributed by atoms with Crippen LogP contribution in [-0.4, -0.2) is 11.2 Å². The molecule has 1 rings (SSSR count). The first-order valence-electron chi connectivity index (χ1n) is 3.76. The normalized spacial score (nSPS) is 34.7. The summed E-state index contributed by atoms with van der Waals surface area (Å²) >= 11 is 0. The Bertz CT molecular complexity index is 107. The third-order valence-corrected chi connectivity index (χ3v) is 2.67. The van der Waals surface area contributed by atoms with Crippen LogP contribution in [0.3, 0.4) is 0 Å². The summed E-state index contributed by atoms with van der Waals surface area (Å²) in [6.07, 6.45) is 2.22. The Kier molecular flexibility index (Phi) is 1.55. The van der Waals surface area contributed by atoms with Crippen LogP contribution >= 0.6 is 0 Å². The molecule has 0 aromatic heterocycles. The van der Waals surface area contributed by atoms with Gasteiger partial charge >= 0.3 is 0 Å². The van der Waals surface area contributed by atoms with E-state index in [-0.39, 0.29) is 6.10 Å². The lowest BCUT2D eigenvalue weighted by atomic mass is 9.84. The van der Waals surface area contributed by atoms with Gasteiger partial charge in [0.15, 0.2) is 0 Å². The van der Waals surface area contributed by atoms with Crippen LogP contribution in [0.2, 0.25) is 0 Å². The van der Waals surface area contributed by atoms with Crippen molar-refractivity contribution in [1.29, 1.82) is 0 Å². The minimum Gasteiger partial charge on any atom is -0.393 e. The Morgan fingerprint density at radius 2 is 2.00 bits per heavy atom. The van der Waals surface area contributed by atoms with Gasteiger partial charge in [-0.25, -0.2) is 0 Å². The van der Waals surface area contributed by atoms with E-state index in [0.29, 0.717) is 11.3 Å². The average Bonchev–Trinajstić information content (AvgIpc) is 2.47. The van der Waals surface area contributed by atoms with Crippen molar-refractivity contribution in [2.24, 2.45) is 11.3 Å². The summed E-state index contributed by atoms with van der Waals surface area (Å²) in [5.74, 6) is 0.586. The molecular formula is C8H16O. The van der Waals surface area contributed by atoms with Crippen LogP contribution in [0.15, 0.2) is 0 Å². The first kappa shape index (κ1) is 7.07. The molecule has 0 saturated heterocycles. The van der Waals surface area contributed by atoms with Crippen molar-refractivity contribution in [2.75, 3.05) is 0 Å². The quantitative estimate of drug-likeness (QED) is 0.601. The highest BCUT2D eigenvalue weighted by atomic mass is 16.3. The Labute approximate surface area is 57.1 Å². The minimum atomic E-state index is 0.0138. The second-order valence-electron chi connectivity index (χ2n) is 3.75. The number of aliphatic hydroxyl groups is 1. The molecule has 54 valence electrons. The van der Waals surface area contributed by atoms with Crippen LogP contribution in [-0.2, 0) is 0 Å².